The normalized spacial score (nSPS) is 15.1. The maximum Gasteiger partial charge on any atom is 0.261 e. The highest BCUT2D eigenvalue weighted by atomic mass is 16.5. The van der Waals surface area contributed by atoms with Crippen LogP contribution in [-0.4, -0.2) is 40.6 Å². The third-order valence-electron chi connectivity index (χ3n) is 6.41. The van der Waals surface area contributed by atoms with Gasteiger partial charge >= 0.3 is 0 Å². The first-order valence-electron chi connectivity index (χ1n) is 11.4. The van der Waals surface area contributed by atoms with Crippen molar-refractivity contribution in [3.8, 4) is 28.8 Å². The SMILES string of the molecule is C.CC(C)(O)Cn1cc(-c2nc([C@@](C)(c3ccc(-c4cnc(N)c(C#N)c4)nc3)C3CC3)no2)cn1. The van der Waals surface area contributed by atoms with Gasteiger partial charge in [0.05, 0.1) is 40.6 Å². The number of pyridine rings is 2. The number of aliphatic hydroxyl groups is 1. The molecule has 0 spiro atoms. The molecule has 0 radical (unpaired) electrons. The molecule has 0 bridgehead atoms. The highest BCUT2D eigenvalue weighted by Crippen LogP contribution is 2.50. The largest absolute Gasteiger partial charge is 0.389 e. The van der Waals surface area contributed by atoms with E-state index in [0.717, 1.165) is 24.0 Å². The van der Waals surface area contributed by atoms with Crippen molar-refractivity contribution in [2.45, 2.75) is 58.6 Å². The van der Waals surface area contributed by atoms with Gasteiger partial charge in [-0.05, 0) is 57.2 Å². The third-order valence-corrected chi connectivity index (χ3v) is 6.41. The van der Waals surface area contributed by atoms with Crippen LogP contribution in [0.15, 0.2) is 47.5 Å². The van der Waals surface area contributed by atoms with Crippen LogP contribution in [0.2, 0.25) is 0 Å². The van der Waals surface area contributed by atoms with Gasteiger partial charge in [0.2, 0.25) is 0 Å². The average molecular weight is 487 g/mol. The fraction of sp³-hybridized carbons (Fsp3) is 0.385. The van der Waals surface area contributed by atoms with Crippen molar-refractivity contribution in [1.82, 2.24) is 29.9 Å². The summed E-state index contributed by atoms with van der Waals surface area (Å²) in [6.45, 7) is 5.93. The van der Waals surface area contributed by atoms with Crippen LogP contribution in [0.4, 0.5) is 5.82 Å². The highest BCUT2D eigenvalue weighted by molar-refractivity contribution is 5.64. The Bertz CT molecular complexity index is 1410. The lowest BCUT2D eigenvalue weighted by molar-refractivity contribution is 0.0577. The van der Waals surface area contributed by atoms with Crippen LogP contribution < -0.4 is 5.73 Å². The molecular formula is C26H30N8O2. The molecule has 4 heterocycles. The zero-order valence-corrected chi connectivity index (χ0v) is 19.8. The number of hydrogen-bond donors (Lipinski definition) is 2. The molecule has 1 aliphatic carbocycles. The smallest absolute Gasteiger partial charge is 0.261 e. The Kier molecular flexibility index (Phi) is 6.37. The third kappa shape index (κ3) is 4.70. The van der Waals surface area contributed by atoms with Gasteiger partial charge in [-0.1, -0.05) is 18.6 Å². The van der Waals surface area contributed by atoms with Crippen molar-refractivity contribution >= 4 is 5.82 Å². The molecule has 1 aliphatic rings. The summed E-state index contributed by atoms with van der Waals surface area (Å²) in [4.78, 5) is 13.5. The Balaban J connectivity index is 0.00000304. The Morgan fingerprint density at radius 3 is 2.58 bits per heavy atom. The predicted molar refractivity (Wildman–Crippen MR) is 134 cm³/mol. The molecule has 0 aliphatic heterocycles. The van der Waals surface area contributed by atoms with Gasteiger partial charge in [-0.15, -0.1) is 0 Å². The number of nitriles is 1. The molecule has 4 aromatic heterocycles. The average Bonchev–Trinajstić information content (AvgIpc) is 3.39. The van der Waals surface area contributed by atoms with Gasteiger partial charge in [-0.2, -0.15) is 15.3 Å². The Labute approximate surface area is 209 Å². The number of rotatable bonds is 7. The maximum absolute atomic E-state index is 10.0. The number of nitrogen functional groups attached to an aromatic ring is 1. The van der Waals surface area contributed by atoms with Gasteiger partial charge in [-0.3, -0.25) is 9.67 Å². The molecule has 0 aromatic carbocycles. The Morgan fingerprint density at radius 1 is 1.17 bits per heavy atom. The van der Waals surface area contributed by atoms with Crippen LogP contribution in [0.3, 0.4) is 0 Å². The number of nitrogens with two attached hydrogens (primary N) is 1. The molecule has 186 valence electrons. The van der Waals surface area contributed by atoms with E-state index in [1.165, 1.54) is 0 Å². The molecule has 4 aromatic rings. The van der Waals surface area contributed by atoms with Crippen LogP contribution in [-0.2, 0) is 12.0 Å². The van der Waals surface area contributed by atoms with E-state index in [1.54, 1.807) is 43.2 Å². The summed E-state index contributed by atoms with van der Waals surface area (Å²) in [5.41, 5.74) is 7.82. The fourth-order valence-electron chi connectivity index (χ4n) is 4.29. The maximum atomic E-state index is 10.0. The summed E-state index contributed by atoms with van der Waals surface area (Å²) in [6.07, 6.45) is 9.02. The highest BCUT2D eigenvalue weighted by Gasteiger charge is 2.47. The van der Waals surface area contributed by atoms with Gasteiger partial charge in [0.25, 0.3) is 5.89 Å². The van der Waals surface area contributed by atoms with E-state index >= 15 is 0 Å². The molecule has 10 heteroatoms. The lowest BCUT2D eigenvalue weighted by Crippen LogP contribution is -2.28. The Hall–Kier alpha value is -4.10. The zero-order valence-electron chi connectivity index (χ0n) is 19.8. The van der Waals surface area contributed by atoms with Crippen molar-refractivity contribution in [2.24, 2.45) is 5.92 Å². The minimum atomic E-state index is -0.883. The van der Waals surface area contributed by atoms with Crippen LogP contribution in [0, 0.1) is 17.2 Å². The second-order valence-corrected chi connectivity index (χ2v) is 9.84. The zero-order chi connectivity index (χ0) is 24.8. The number of hydrogen-bond acceptors (Lipinski definition) is 9. The van der Waals surface area contributed by atoms with E-state index in [9.17, 15) is 10.4 Å². The van der Waals surface area contributed by atoms with E-state index in [-0.39, 0.29) is 13.2 Å². The monoisotopic (exact) mass is 486 g/mol. The van der Waals surface area contributed by atoms with Crippen LogP contribution in [0.25, 0.3) is 22.7 Å². The van der Waals surface area contributed by atoms with Crippen LogP contribution in [0.1, 0.15) is 58.0 Å². The number of nitrogens with zero attached hydrogens (tertiary/aromatic N) is 7. The second kappa shape index (κ2) is 9.17. The molecule has 1 fully saturated rings. The molecule has 0 saturated heterocycles. The summed E-state index contributed by atoms with van der Waals surface area (Å²) in [5, 5.41) is 27.9. The van der Waals surface area contributed by atoms with Crippen molar-refractivity contribution in [3.05, 3.63) is 59.9 Å². The summed E-state index contributed by atoms with van der Waals surface area (Å²) in [5.74, 6) is 1.56. The second-order valence-electron chi connectivity index (χ2n) is 9.84. The lowest BCUT2D eigenvalue weighted by atomic mass is 9.77. The first-order valence-corrected chi connectivity index (χ1v) is 11.4. The fourth-order valence-corrected chi connectivity index (χ4v) is 4.29. The molecule has 5 rings (SSSR count). The molecule has 3 N–H and O–H groups in total. The van der Waals surface area contributed by atoms with Gasteiger partial charge in [0.15, 0.2) is 5.82 Å². The van der Waals surface area contributed by atoms with Crippen molar-refractivity contribution < 1.29 is 9.63 Å². The van der Waals surface area contributed by atoms with E-state index in [1.807, 2.05) is 18.3 Å². The quantitative estimate of drug-likeness (QED) is 0.395. The van der Waals surface area contributed by atoms with Crippen molar-refractivity contribution in [1.29, 1.82) is 5.26 Å². The van der Waals surface area contributed by atoms with Crippen molar-refractivity contribution in [3.63, 3.8) is 0 Å². The summed E-state index contributed by atoms with van der Waals surface area (Å²) in [6, 6.07) is 7.66. The summed E-state index contributed by atoms with van der Waals surface area (Å²) in [7, 11) is 0. The van der Waals surface area contributed by atoms with Gasteiger partial charge in [0, 0.05) is 24.2 Å². The summed E-state index contributed by atoms with van der Waals surface area (Å²) < 4.78 is 7.28. The molecule has 1 saturated carbocycles. The van der Waals surface area contributed by atoms with Crippen molar-refractivity contribution in [2.75, 3.05) is 5.73 Å². The topological polar surface area (TPSA) is 153 Å². The molecule has 1 atom stereocenters. The predicted octanol–water partition coefficient (Wildman–Crippen LogP) is 3.97. The van der Waals surface area contributed by atoms with Crippen LogP contribution >= 0.6 is 0 Å². The molecule has 0 amide bonds. The van der Waals surface area contributed by atoms with E-state index in [0.29, 0.717) is 41.0 Å². The number of aromatic nitrogens is 6. The van der Waals surface area contributed by atoms with Crippen LogP contribution in [0.5, 0.6) is 0 Å². The first kappa shape index (κ1) is 25.0. The molecule has 36 heavy (non-hydrogen) atoms. The van der Waals surface area contributed by atoms with E-state index < -0.39 is 11.0 Å². The number of anilines is 1. The molecule has 10 nitrogen and oxygen atoms in total. The first-order chi connectivity index (χ1) is 16.7. The molecule has 0 unspecified atom stereocenters. The van der Waals surface area contributed by atoms with E-state index in [2.05, 4.69) is 33.2 Å². The molecular weight excluding hydrogens is 456 g/mol. The Morgan fingerprint density at radius 2 is 1.94 bits per heavy atom. The standard InChI is InChI=1S/C25H26N8O2.CH4/c1-24(2,34)14-33-13-17(11-30-33)22-31-23(32-35-22)25(3,18-4-5-18)19-6-7-20(28-12-19)16-8-15(9-26)21(27)29-10-16;/h6-8,10-13,18,34H,4-5,14H2,1-3H3,(H2,27,29);1H4/t25-;/m1./s1. The van der Waals surface area contributed by atoms with Gasteiger partial charge in [-0.25, -0.2) is 4.98 Å². The minimum absolute atomic E-state index is 0. The minimum Gasteiger partial charge on any atom is -0.389 e. The van der Waals surface area contributed by atoms with Gasteiger partial charge in [0.1, 0.15) is 11.9 Å². The van der Waals surface area contributed by atoms with Gasteiger partial charge < -0.3 is 15.4 Å². The lowest BCUT2D eigenvalue weighted by Gasteiger charge is -2.26. The van der Waals surface area contributed by atoms with E-state index in [4.69, 9.17) is 15.2 Å². The summed E-state index contributed by atoms with van der Waals surface area (Å²) >= 11 is 0.